The van der Waals surface area contributed by atoms with E-state index in [1.165, 1.54) is 5.56 Å². The Morgan fingerprint density at radius 2 is 1.08 bits per heavy atom. The Hall–Kier alpha value is -8.20. The first-order chi connectivity index (χ1) is 31.7. The monoisotopic (exact) mass is 838 g/mol. The lowest BCUT2D eigenvalue weighted by atomic mass is 9.67. The minimum absolute atomic E-state index is 0.584. The van der Waals surface area contributed by atoms with Gasteiger partial charge in [-0.15, -0.1) is 0 Å². The van der Waals surface area contributed by atoms with Gasteiger partial charge in [0.25, 0.3) is 0 Å². The van der Waals surface area contributed by atoms with E-state index in [4.69, 9.17) is 29.7 Å². The predicted octanol–water partition coefficient (Wildman–Crippen LogP) is 13.7. The van der Waals surface area contributed by atoms with Gasteiger partial charge in [-0.25, -0.2) is 15.0 Å². The van der Waals surface area contributed by atoms with Gasteiger partial charge < -0.3 is 9.64 Å². The fourth-order valence-corrected chi connectivity index (χ4v) is 11.0. The van der Waals surface area contributed by atoms with E-state index in [-0.39, 0.29) is 0 Å². The first-order valence-electron chi connectivity index (χ1n) is 21.2. The van der Waals surface area contributed by atoms with Gasteiger partial charge in [-0.2, -0.15) is 0 Å². The van der Waals surface area contributed by atoms with Crippen LogP contribution in [0.25, 0.3) is 56.7 Å². The van der Waals surface area contributed by atoms with E-state index >= 15 is 0 Å². The van der Waals surface area contributed by atoms with Crippen molar-refractivity contribution in [1.82, 2.24) is 24.9 Å². The molecule has 1 atom stereocenters. The lowest BCUT2D eigenvalue weighted by molar-refractivity contribution is 0.461. The maximum atomic E-state index is 7.05. The molecule has 0 amide bonds. The Bertz CT molecular complexity index is 3420. The normalized spacial score (nSPS) is 15.0. The number of anilines is 3. The molecule has 0 fully saturated rings. The summed E-state index contributed by atoms with van der Waals surface area (Å²) in [5.41, 5.74) is 13.1. The average Bonchev–Trinajstić information content (AvgIpc) is 3.66. The summed E-state index contributed by atoms with van der Waals surface area (Å²) in [5, 5.41) is 0. The van der Waals surface area contributed by atoms with Crippen LogP contribution in [0.5, 0.6) is 11.5 Å². The maximum absolute atomic E-state index is 7.05. The van der Waals surface area contributed by atoms with Gasteiger partial charge in [0.05, 0.1) is 33.1 Å². The van der Waals surface area contributed by atoms with Crippen molar-refractivity contribution in [2.24, 2.45) is 0 Å². The van der Waals surface area contributed by atoms with Crippen LogP contribution in [0.15, 0.2) is 216 Å². The van der Waals surface area contributed by atoms with Crippen LogP contribution in [0.1, 0.15) is 22.3 Å². The first kappa shape index (κ1) is 36.5. The summed E-state index contributed by atoms with van der Waals surface area (Å²) in [6.07, 6.45) is 3.85. The van der Waals surface area contributed by atoms with Gasteiger partial charge in [0.2, 0.25) is 0 Å². The first-order valence-corrected chi connectivity index (χ1v) is 22.1. The molecule has 5 heterocycles. The quantitative estimate of drug-likeness (QED) is 0.170. The molecule has 8 heteroatoms. The summed E-state index contributed by atoms with van der Waals surface area (Å²) < 4.78 is 7.05. The Morgan fingerprint density at radius 1 is 0.453 bits per heavy atom. The SMILES string of the molecule is c1ccc(-c2nc(-c3ccccc3)nc(-c3ccccc3-c3cnc4c(c3)C3(c5ccccc5Sc5c3ccc3c5Oc5ccccc5N3c3ccccc3)c3cccnc3-4)n2)cc1. The summed E-state index contributed by atoms with van der Waals surface area (Å²) in [7, 11) is 0. The molecule has 0 saturated carbocycles. The van der Waals surface area contributed by atoms with Gasteiger partial charge in [-0.05, 0) is 70.8 Å². The van der Waals surface area contributed by atoms with Gasteiger partial charge >= 0.3 is 0 Å². The Balaban J connectivity index is 1.04. The van der Waals surface area contributed by atoms with E-state index < -0.39 is 5.41 Å². The van der Waals surface area contributed by atoms with Crippen LogP contribution in [0.2, 0.25) is 0 Å². The summed E-state index contributed by atoms with van der Waals surface area (Å²) in [4.78, 5) is 30.2. The molecule has 0 N–H and O–H groups in total. The van der Waals surface area contributed by atoms with Crippen LogP contribution >= 0.6 is 11.8 Å². The third-order valence-corrected chi connectivity index (χ3v) is 13.7. The van der Waals surface area contributed by atoms with Crippen molar-refractivity contribution < 1.29 is 4.74 Å². The standard InChI is InChI=1S/C56H34N6OS/c1-4-17-35(18-5-1)53-59-54(36-19-6-2-7-20-36)61-55(60-53)40-24-11-10-23-39(40)37-33-44-50(58-34-37)49-42(26-16-32-57-49)56(44)41-25-12-15-29-48(41)64-52-43(56)30-31-46-51(52)63-47-28-14-13-27-45(47)62(46)38-21-8-3-9-22-38/h1-34H. The summed E-state index contributed by atoms with van der Waals surface area (Å²) in [6.45, 7) is 0. The van der Waals surface area contributed by atoms with Crippen LogP contribution in [-0.2, 0) is 5.41 Å². The minimum Gasteiger partial charge on any atom is -0.452 e. The number of para-hydroxylation sites is 3. The lowest BCUT2D eigenvalue weighted by Gasteiger charge is -2.42. The van der Waals surface area contributed by atoms with Crippen LogP contribution in [0.3, 0.4) is 0 Å². The third kappa shape index (κ3) is 5.46. The molecule has 0 bridgehead atoms. The number of aromatic nitrogens is 5. The van der Waals surface area contributed by atoms with Crippen LogP contribution in [0, 0.1) is 0 Å². The van der Waals surface area contributed by atoms with E-state index in [9.17, 15) is 0 Å². The van der Waals surface area contributed by atoms with Gasteiger partial charge in [-0.1, -0.05) is 157 Å². The molecule has 10 aromatic rings. The molecule has 0 radical (unpaired) electrons. The van der Waals surface area contributed by atoms with Crippen LogP contribution < -0.4 is 9.64 Å². The fraction of sp³-hybridized carbons (Fsp3) is 0.0179. The van der Waals surface area contributed by atoms with E-state index in [1.807, 2.05) is 91.3 Å². The highest BCUT2D eigenvalue weighted by Crippen LogP contribution is 2.65. The van der Waals surface area contributed by atoms with E-state index in [0.717, 1.165) is 94.2 Å². The second-order valence-electron chi connectivity index (χ2n) is 16.0. The summed E-state index contributed by atoms with van der Waals surface area (Å²) >= 11 is 1.76. The van der Waals surface area contributed by atoms with Crippen molar-refractivity contribution in [3.8, 4) is 68.2 Å². The molecule has 1 aliphatic carbocycles. The maximum Gasteiger partial charge on any atom is 0.165 e. The number of pyridine rings is 2. The molecule has 3 aromatic heterocycles. The molecule has 7 nitrogen and oxygen atoms in total. The van der Waals surface area contributed by atoms with Crippen molar-refractivity contribution in [2.75, 3.05) is 4.90 Å². The zero-order valence-electron chi connectivity index (χ0n) is 34.1. The van der Waals surface area contributed by atoms with E-state index in [2.05, 4.69) is 120 Å². The molecule has 300 valence electrons. The number of hydrogen-bond donors (Lipinski definition) is 0. The number of fused-ring (bicyclic) bond motifs is 12. The summed E-state index contributed by atoms with van der Waals surface area (Å²) in [6, 6.07) is 67.2. The molecular formula is C56H34N6OS. The zero-order valence-corrected chi connectivity index (χ0v) is 34.9. The summed E-state index contributed by atoms with van der Waals surface area (Å²) in [5.74, 6) is 3.43. The van der Waals surface area contributed by atoms with Gasteiger partial charge in [0.15, 0.2) is 29.0 Å². The number of rotatable bonds is 5. The highest BCUT2D eigenvalue weighted by Gasteiger charge is 2.53. The van der Waals surface area contributed by atoms with Crippen LogP contribution in [0.4, 0.5) is 17.1 Å². The van der Waals surface area contributed by atoms with Crippen molar-refractivity contribution in [2.45, 2.75) is 15.2 Å². The molecule has 1 spiro atoms. The molecule has 0 saturated heterocycles. The molecular weight excluding hydrogens is 805 g/mol. The molecule has 7 aromatic carbocycles. The highest BCUT2D eigenvalue weighted by molar-refractivity contribution is 7.99. The fourth-order valence-electron chi connectivity index (χ4n) is 9.73. The van der Waals surface area contributed by atoms with Gasteiger partial charge in [-0.3, -0.25) is 9.97 Å². The minimum atomic E-state index is -0.769. The average molecular weight is 839 g/mol. The largest absolute Gasteiger partial charge is 0.452 e. The van der Waals surface area contributed by atoms with E-state index in [0.29, 0.717) is 17.5 Å². The Labute approximate surface area is 373 Å². The number of hydrogen-bond acceptors (Lipinski definition) is 8. The topological polar surface area (TPSA) is 76.9 Å². The number of ether oxygens (including phenoxy) is 1. The molecule has 2 aliphatic heterocycles. The molecule has 3 aliphatic rings. The predicted molar refractivity (Wildman–Crippen MR) is 253 cm³/mol. The lowest BCUT2D eigenvalue weighted by Crippen LogP contribution is -2.32. The van der Waals surface area contributed by atoms with Crippen LogP contribution in [-0.4, -0.2) is 24.9 Å². The number of nitrogens with zero attached hydrogens (tertiary/aromatic N) is 6. The number of benzene rings is 7. The Kier molecular flexibility index (Phi) is 8.23. The van der Waals surface area contributed by atoms with Gasteiger partial charge in [0, 0.05) is 50.8 Å². The molecule has 64 heavy (non-hydrogen) atoms. The van der Waals surface area contributed by atoms with E-state index in [1.54, 1.807) is 11.8 Å². The Morgan fingerprint density at radius 3 is 1.86 bits per heavy atom. The van der Waals surface area contributed by atoms with Crippen molar-refractivity contribution >= 4 is 28.8 Å². The highest BCUT2D eigenvalue weighted by atomic mass is 32.2. The third-order valence-electron chi connectivity index (χ3n) is 12.5. The molecule has 13 rings (SSSR count). The smallest absolute Gasteiger partial charge is 0.165 e. The van der Waals surface area contributed by atoms with Crippen molar-refractivity contribution in [1.29, 1.82) is 0 Å². The second kappa shape index (κ2) is 14.4. The van der Waals surface area contributed by atoms with Crippen molar-refractivity contribution in [3.05, 3.63) is 229 Å². The molecule has 1 unspecified atom stereocenters. The zero-order chi connectivity index (χ0) is 42.2. The van der Waals surface area contributed by atoms with Gasteiger partial charge in [0.1, 0.15) is 0 Å². The van der Waals surface area contributed by atoms with Crippen molar-refractivity contribution in [3.63, 3.8) is 0 Å². The second-order valence-corrected chi connectivity index (χ2v) is 17.0.